The van der Waals surface area contributed by atoms with Crippen LogP contribution in [0.5, 0.6) is 0 Å². The maximum absolute atomic E-state index is 12.7. The minimum Gasteiger partial charge on any atom is -0.359 e. The van der Waals surface area contributed by atoms with Crippen LogP contribution in [0, 0.1) is 0 Å². The van der Waals surface area contributed by atoms with Crippen LogP contribution in [0.15, 0.2) is 48.7 Å². The number of para-hydroxylation sites is 1. The summed E-state index contributed by atoms with van der Waals surface area (Å²) in [6.07, 6.45) is 2.70. The predicted molar refractivity (Wildman–Crippen MR) is 84.6 cm³/mol. The van der Waals surface area contributed by atoms with Gasteiger partial charge in [-0.05, 0) is 37.1 Å². The number of hydrogen-bond acceptors (Lipinski definition) is 3. The summed E-state index contributed by atoms with van der Waals surface area (Å²) in [7, 11) is 1.78. The van der Waals surface area contributed by atoms with E-state index in [1.165, 1.54) is 11.3 Å². The molecule has 0 fully saturated rings. The average Bonchev–Trinajstić information content (AvgIpc) is 2.97. The summed E-state index contributed by atoms with van der Waals surface area (Å²) >= 11 is 0. The van der Waals surface area contributed by atoms with E-state index in [1.54, 1.807) is 18.1 Å². The predicted octanol–water partition coefficient (Wildman–Crippen LogP) is 2.50. The maximum Gasteiger partial charge on any atom is 0.250 e. The fourth-order valence-electron chi connectivity index (χ4n) is 2.84. The normalized spacial score (nSPS) is 14.7. The van der Waals surface area contributed by atoms with Gasteiger partial charge in [0.2, 0.25) is 5.91 Å². The second-order valence-corrected chi connectivity index (χ2v) is 5.33. The Morgan fingerprint density at radius 3 is 2.76 bits per heavy atom. The van der Waals surface area contributed by atoms with Crippen LogP contribution in [0.2, 0.25) is 0 Å². The number of carbonyl (C=O) groups is 1. The van der Waals surface area contributed by atoms with Gasteiger partial charge >= 0.3 is 0 Å². The first-order valence-corrected chi connectivity index (χ1v) is 7.21. The van der Waals surface area contributed by atoms with Crippen LogP contribution < -0.4 is 9.80 Å². The third-order valence-corrected chi connectivity index (χ3v) is 4.07. The van der Waals surface area contributed by atoms with E-state index < -0.39 is 0 Å². The van der Waals surface area contributed by atoms with Crippen molar-refractivity contribution < 1.29 is 4.79 Å². The minimum atomic E-state index is -0.194. The zero-order valence-corrected chi connectivity index (χ0v) is 12.4. The smallest absolute Gasteiger partial charge is 0.250 e. The Balaban J connectivity index is 1.80. The molecule has 0 bridgehead atoms. The van der Waals surface area contributed by atoms with Crippen molar-refractivity contribution in [1.82, 2.24) is 4.98 Å². The van der Waals surface area contributed by atoms with Gasteiger partial charge in [0.25, 0.3) is 0 Å². The molecule has 2 heterocycles. The lowest BCUT2D eigenvalue weighted by Gasteiger charge is -2.29. The second-order valence-electron chi connectivity index (χ2n) is 5.33. The lowest BCUT2D eigenvalue weighted by atomic mass is 10.1. The number of hydrogen-bond donors (Lipinski definition) is 0. The lowest BCUT2D eigenvalue weighted by molar-refractivity contribution is -0.119. The van der Waals surface area contributed by atoms with Gasteiger partial charge in [0.15, 0.2) is 0 Å². The van der Waals surface area contributed by atoms with Crippen molar-refractivity contribution in [2.24, 2.45) is 0 Å². The summed E-state index contributed by atoms with van der Waals surface area (Å²) < 4.78 is 0. The summed E-state index contributed by atoms with van der Waals surface area (Å²) in [4.78, 5) is 20.7. The molecule has 0 N–H and O–H groups in total. The minimum absolute atomic E-state index is 0.0606. The molecule has 2 aromatic rings. The molecule has 0 spiro atoms. The summed E-state index contributed by atoms with van der Waals surface area (Å²) in [6, 6.07) is 13.7. The van der Waals surface area contributed by atoms with Gasteiger partial charge in [0, 0.05) is 25.5 Å². The number of pyridine rings is 1. The van der Waals surface area contributed by atoms with Crippen molar-refractivity contribution in [2.45, 2.75) is 19.4 Å². The van der Waals surface area contributed by atoms with Crippen molar-refractivity contribution in [3.05, 3.63) is 54.2 Å². The number of amides is 1. The van der Waals surface area contributed by atoms with Gasteiger partial charge < -0.3 is 4.90 Å². The molecule has 0 aliphatic carbocycles. The third kappa shape index (κ3) is 2.49. The Labute approximate surface area is 125 Å². The molecule has 1 unspecified atom stereocenters. The van der Waals surface area contributed by atoms with E-state index >= 15 is 0 Å². The van der Waals surface area contributed by atoms with Crippen LogP contribution in [0.3, 0.4) is 0 Å². The van der Waals surface area contributed by atoms with Crippen molar-refractivity contribution in [3.8, 4) is 0 Å². The maximum atomic E-state index is 12.7. The van der Waals surface area contributed by atoms with Gasteiger partial charge in [0.1, 0.15) is 11.9 Å². The largest absolute Gasteiger partial charge is 0.359 e. The highest BCUT2D eigenvalue weighted by atomic mass is 16.2. The van der Waals surface area contributed by atoms with Crippen LogP contribution >= 0.6 is 0 Å². The molecule has 4 heteroatoms. The Kier molecular flexibility index (Phi) is 3.60. The molecule has 1 aliphatic heterocycles. The van der Waals surface area contributed by atoms with Crippen LogP contribution in [-0.4, -0.2) is 30.5 Å². The standard InChI is InChI=1S/C17H19N3O/c1-13(17(21)19(2)16-9-5-6-11-18-16)20-12-10-14-7-3-4-8-15(14)20/h3-9,11,13H,10,12H2,1-2H3. The Morgan fingerprint density at radius 1 is 1.24 bits per heavy atom. The Morgan fingerprint density at radius 2 is 2.00 bits per heavy atom. The average molecular weight is 281 g/mol. The zero-order chi connectivity index (χ0) is 14.8. The summed E-state index contributed by atoms with van der Waals surface area (Å²) in [5, 5.41) is 0. The van der Waals surface area contributed by atoms with Gasteiger partial charge in [-0.2, -0.15) is 0 Å². The molecule has 1 aromatic carbocycles. The molecule has 1 aliphatic rings. The Bertz CT molecular complexity index is 641. The molecule has 1 atom stereocenters. The number of benzene rings is 1. The molecular formula is C17H19N3O. The first-order chi connectivity index (χ1) is 10.2. The molecule has 108 valence electrons. The van der Waals surface area contributed by atoms with Crippen LogP contribution in [0.25, 0.3) is 0 Å². The van der Waals surface area contributed by atoms with Gasteiger partial charge in [-0.25, -0.2) is 4.98 Å². The Hall–Kier alpha value is -2.36. The molecule has 1 amide bonds. The fourth-order valence-corrected chi connectivity index (χ4v) is 2.84. The van der Waals surface area contributed by atoms with E-state index in [2.05, 4.69) is 28.1 Å². The number of nitrogens with zero attached hydrogens (tertiary/aromatic N) is 3. The van der Waals surface area contributed by atoms with E-state index in [0.29, 0.717) is 5.82 Å². The molecule has 1 aromatic heterocycles. The van der Waals surface area contributed by atoms with E-state index in [-0.39, 0.29) is 11.9 Å². The SMILES string of the molecule is CC(C(=O)N(C)c1ccccn1)N1CCc2ccccc21. The molecule has 0 saturated carbocycles. The number of fused-ring (bicyclic) bond motifs is 1. The first kappa shape index (κ1) is 13.6. The number of carbonyl (C=O) groups excluding carboxylic acids is 1. The summed E-state index contributed by atoms with van der Waals surface area (Å²) in [5.74, 6) is 0.743. The van der Waals surface area contributed by atoms with Crippen LogP contribution in [0.1, 0.15) is 12.5 Å². The zero-order valence-electron chi connectivity index (χ0n) is 12.4. The van der Waals surface area contributed by atoms with Crippen molar-refractivity contribution in [2.75, 3.05) is 23.4 Å². The number of likely N-dealkylation sites (N-methyl/N-ethyl adjacent to an activating group) is 1. The van der Waals surface area contributed by atoms with Crippen molar-refractivity contribution in [3.63, 3.8) is 0 Å². The first-order valence-electron chi connectivity index (χ1n) is 7.21. The van der Waals surface area contributed by atoms with Crippen LogP contribution in [-0.2, 0) is 11.2 Å². The van der Waals surface area contributed by atoms with Gasteiger partial charge in [-0.1, -0.05) is 24.3 Å². The van der Waals surface area contributed by atoms with E-state index in [1.807, 2.05) is 31.2 Å². The highest BCUT2D eigenvalue weighted by molar-refractivity contribution is 5.98. The lowest BCUT2D eigenvalue weighted by Crippen LogP contribution is -2.45. The molecule has 3 rings (SSSR count). The molecular weight excluding hydrogens is 262 g/mol. The molecule has 21 heavy (non-hydrogen) atoms. The van der Waals surface area contributed by atoms with Crippen LogP contribution in [0.4, 0.5) is 11.5 Å². The highest BCUT2D eigenvalue weighted by Crippen LogP contribution is 2.29. The molecule has 4 nitrogen and oxygen atoms in total. The summed E-state index contributed by atoms with van der Waals surface area (Å²) in [5.41, 5.74) is 2.49. The highest BCUT2D eigenvalue weighted by Gasteiger charge is 2.29. The molecule has 0 radical (unpaired) electrons. The van der Waals surface area contributed by atoms with Gasteiger partial charge in [-0.3, -0.25) is 9.69 Å². The molecule has 0 saturated heterocycles. The number of aromatic nitrogens is 1. The van der Waals surface area contributed by atoms with Gasteiger partial charge in [-0.15, -0.1) is 0 Å². The van der Waals surface area contributed by atoms with Crippen molar-refractivity contribution in [1.29, 1.82) is 0 Å². The number of rotatable bonds is 3. The van der Waals surface area contributed by atoms with E-state index in [9.17, 15) is 4.79 Å². The van der Waals surface area contributed by atoms with Gasteiger partial charge in [0.05, 0.1) is 0 Å². The fraction of sp³-hybridized carbons (Fsp3) is 0.294. The van der Waals surface area contributed by atoms with E-state index in [4.69, 9.17) is 0 Å². The monoisotopic (exact) mass is 281 g/mol. The van der Waals surface area contributed by atoms with Crippen molar-refractivity contribution >= 4 is 17.4 Å². The number of anilines is 2. The van der Waals surface area contributed by atoms with E-state index in [0.717, 1.165) is 13.0 Å². The summed E-state index contributed by atoms with van der Waals surface area (Å²) in [6.45, 7) is 2.85. The third-order valence-electron chi connectivity index (χ3n) is 4.07. The second kappa shape index (κ2) is 5.56. The quantitative estimate of drug-likeness (QED) is 0.867. The topological polar surface area (TPSA) is 36.4 Å².